The Morgan fingerprint density at radius 3 is 2.26 bits per heavy atom. The van der Waals surface area contributed by atoms with Crippen molar-refractivity contribution < 1.29 is 4.74 Å². The molecule has 0 aliphatic carbocycles. The summed E-state index contributed by atoms with van der Waals surface area (Å²) in [5.74, 6) is 1.24. The molecule has 0 N–H and O–H groups in total. The summed E-state index contributed by atoms with van der Waals surface area (Å²) < 4.78 is 5.55. The van der Waals surface area contributed by atoms with Crippen LogP contribution in [0.2, 0.25) is 5.02 Å². The summed E-state index contributed by atoms with van der Waals surface area (Å²) in [4.78, 5) is 0. The monoisotopic (exact) mass is 274 g/mol. The Morgan fingerprint density at radius 1 is 1.05 bits per heavy atom. The Bertz CT molecular complexity index is 573. The lowest BCUT2D eigenvalue weighted by Crippen LogP contribution is -2.03. The van der Waals surface area contributed by atoms with E-state index in [1.165, 1.54) is 22.3 Å². The Balaban J connectivity index is 2.49. The predicted molar refractivity (Wildman–Crippen MR) is 81.4 cm³/mol. The van der Waals surface area contributed by atoms with E-state index in [2.05, 4.69) is 45.0 Å². The van der Waals surface area contributed by atoms with Crippen molar-refractivity contribution in [2.24, 2.45) is 0 Å². The molecule has 0 saturated carbocycles. The molecule has 19 heavy (non-hydrogen) atoms. The summed E-state index contributed by atoms with van der Waals surface area (Å²) in [6.45, 7) is 6.42. The highest BCUT2D eigenvalue weighted by Gasteiger charge is 2.16. The fourth-order valence-electron chi connectivity index (χ4n) is 2.58. The Morgan fingerprint density at radius 2 is 1.68 bits per heavy atom. The molecule has 100 valence electrons. The maximum absolute atomic E-state index is 5.95. The van der Waals surface area contributed by atoms with Crippen LogP contribution in [0.3, 0.4) is 0 Å². The van der Waals surface area contributed by atoms with Crippen LogP contribution in [0.1, 0.15) is 35.1 Å². The molecule has 2 heteroatoms. The number of rotatable bonds is 3. The van der Waals surface area contributed by atoms with Crippen molar-refractivity contribution in [2.75, 3.05) is 7.11 Å². The third-order valence-electron chi connectivity index (χ3n) is 3.52. The molecule has 1 unspecified atom stereocenters. The number of ether oxygens (including phenoxy) is 1. The van der Waals surface area contributed by atoms with Crippen LogP contribution in [0.5, 0.6) is 5.75 Å². The molecule has 0 spiro atoms. The summed E-state index contributed by atoms with van der Waals surface area (Å²) >= 11 is 5.95. The van der Waals surface area contributed by atoms with Gasteiger partial charge in [0.1, 0.15) is 5.75 Å². The average Bonchev–Trinajstić information content (AvgIpc) is 2.38. The summed E-state index contributed by atoms with van der Waals surface area (Å²) in [5.41, 5.74) is 4.98. The second kappa shape index (κ2) is 5.66. The van der Waals surface area contributed by atoms with Crippen LogP contribution in [0.4, 0.5) is 0 Å². The van der Waals surface area contributed by atoms with Crippen molar-refractivity contribution in [3.63, 3.8) is 0 Å². The van der Waals surface area contributed by atoms with Crippen LogP contribution in [-0.4, -0.2) is 7.11 Å². The fraction of sp³-hybridized carbons (Fsp3) is 0.294. The van der Waals surface area contributed by atoms with Gasteiger partial charge in [-0.3, -0.25) is 0 Å². The molecule has 0 aromatic heterocycles. The van der Waals surface area contributed by atoms with Crippen molar-refractivity contribution in [2.45, 2.75) is 26.7 Å². The minimum atomic E-state index is 0.285. The molecule has 1 atom stereocenters. The highest BCUT2D eigenvalue weighted by atomic mass is 35.5. The quantitative estimate of drug-likeness (QED) is 0.755. The van der Waals surface area contributed by atoms with Crippen molar-refractivity contribution in [3.8, 4) is 5.75 Å². The number of hydrogen-bond donors (Lipinski definition) is 0. The summed E-state index contributed by atoms with van der Waals surface area (Å²) in [7, 11) is 1.73. The lowest BCUT2D eigenvalue weighted by molar-refractivity contribution is 0.407. The van der Waals surface area contributed by atoms with E-state index in [1.807, 2.05) is 12.1 Å². The first kappa shape index (κ1) is 14.0. The van der Waals surface area contributed by atoms with Gasteiger partial charge in [-0.05, 0) is 48.7 Å². The molecule has 2 aromatic rings. The number of methoxy groups -OCH3 is 1. The van der Waals surface area contributed by atoms with E-state index >= 15 is 0 Å². The molecule has 0 radical (unpaired) electrons. The van der Waals surface area contributed by atoms with Gasteiger partial charge < -0.3 is 4.74 Å². The molecular formula is C17H19ClO. The molecule has 0 aliphatic heterocycles. The smallest absolute Gasteiger partial charge is 0.123 e. The van der Waals surface area contributed by atoms with E-state index in [-0.39, 0.29) is 5.92 Å². The molecule has 2 rings (SSSR count). The Labute approximate surface area is 120 Å². The lowest BCUT2D eigenvalue weighted by atomic mass is 9.88. The van der Waals surface area contributed by atoms with Crippen molar-refractivity contribution in [1.82, 2.24) is 0 Å². The minimum absolute atomic E-state index is 0.285. The van der Waals surface area contributed by atoms with Crippen molar-refractivity contribution in [1.29, 1.82) is 0 Å². The van der Waals surface area contributed by atoms with Crippen LogP contribution in [0.25, 0.3) is 0 Å². The molecule has 0 heterocycles. The first-order valence-corrected chi connectivity index (χ1v) is 6.81. The van der Waals surface area contributed by atoms with Gasteiger partial charge in [-0.25, -0.2) is 0 Å². The molecule has 0 bridgehead atoms. The van der Waals surface area contributed by atoms with E-state index in [0.717, 1.165) is 10.8 Å². The zero-order valence-electron chi connectivity index (χ0n) is 11.8. The van der Waals surface area contributed by atoms with Gasteiger partial charge >= 0.3 is 0 Å². The molecule has 1 nitrogen and oxygen atoms in total. The van der Waals surface area contributed by atoms with Crippen LogP contribution in [0.15, 0.2) is 36.4 Å². The van der Waals surface area contributed by atoms with Gasteiger partial charge in [-0.2, -0.15) is 0 Å². The maximum atomic E-state index is 5.95. The number of hydrogen-bond acceptors (Lipinski definition) is 1. The third kappa shape index (κ3) is 2.93. The highest BCUT2D eigenvalue weighted by Crippen LogP contribution is 2.35. The van der Waals surface area contributed by atoms with Crippen molar-refractivity contribution >= 4 is 11.6 Å². The zero-order chi connectivity index (χ0) is 14.0. The van der Waals surface area contributed by atoms with Gasteiger partial charge in [-0.15, -0.1) is 0 Å². The van der Waals surface area contributed by atoms with Crippen molar-refractivity contribution in [3.05, 3.63) is 63.7 Å². The second-order valence-electron chi connectivity index (χ2n) is 4.97. The normalized spacial score (nSPS) is 12.3. The van der Waals surface area contributed by atoms with E-state index in [1.54, 1.807) is 7.11 Å². The largest absolute Gasteiger partial charge is 0.496 e. The summed E-state index contributed by atoms with van der Waals surface area (Å²) in [6.07, 6.45) is 0. The molecule has 0 saturated heterocycles. The zero-order valence-corrected chi connectivity index (χ0v) is 12.6. The third-order valence-corrected chi connectivity index (χ3v) is 3.77. The molecule has 0 fully saturated rings. The molecular weight excluding hydrogens is 256 g/mol. The highest BCUT2D eigenvalue weighted by molar-refractivity contribution is 6.30. The average molecular weight is 275 g/mol. The first-order chi connectivity index (χ1) is 9.02. The predicted octanol–water partition coefficient (Wildman–Crippen LogP) is 5.12. The maximum Gasteiger partial charge on any atom is 0.123 e. The van der Waals surface area contributed by atoms with E-state index in [0.29, 0.717) is 0 Å². The molecule has 2 aromatic carbocycles. The van der Waals surface area contributed by atoms with Gasteiger partial charge in [0.25, 0.3) is 0 Å². The fourth-order valence-corrected chi connectivity index (χ4v) is 2.71. The molecule has 0 aliphatic rings. The van der Waals surface area contributed by atoms with Crippen LogP contribution in [-0.2, 0) is 0 Å². The van der Waals surface area contributed by atoms with Gasteiger partial charge in [0, 0.05) is 16.5 Å². The van der Waals surface area contributed by atoms with Crippen LogP contribution in [0, 0.1) is 13.8 Å². The van der Waals surface area contributed by atoms with Crippen LogP contribution >= 0.6 is 11.6 Å². The molecule has 0 amide bonds. The second-order valence-corrected chi connectivity index (χ2v) is 5.41. The topological polar surface area (TPSA) is 9.23 Å². The van der Waals surface area contributed by atoms with Gasteiger partial charge in [-0.1, -0.05) is 36.7 Å². The summed E-state index contributed by atoms with van der Waals surface area (Å²) in [6, 6.07) is 12.3. The van der Waals surface area contributed by atoms with E-state index < -0.39 is 0 Å². The van der Waals surface area contributed by atoms with Gasteiger partial charge in [0.05, 0.1) is 7.11 Å². The number of benzene rings is 2. The van der Waals surface area contributed by atoms with Crippen LogP contribution < -0.4 is 4.74 Å². The lowest BCUT2D eigenvalue weighted by Gasteiger charge is -2.19. The first-order valence-electron chi connectivity index (χ1n) is 6.43. The van der Waals surface area contributed by atoms with Gasteiger partial charge in [0.15, 0.2) is 0 Å². The number of aryl methyl sites for hydroxylation is 2. The SMILES string of the molecule is COc1cc(C)cc(C)c1C(C)c1ccc(Cl)cc1. The Kier molecular flexibility index (Phi) is 4.16. The summed E-state index contributed by atoms with van der Waals surface area (Å²) in [5, 5.41) is 0.767. The van der Waals surface area contributed by atoms with E-state index in [9.17, 15) is 0 Å². The number of halogens is 1. The standard InChI is InChI=1S/C17H19ClO/c1-11-9-12(2)17(16(10-11)19-4)13(3)14-5-7-15(18)8-6-14/h5-10,13H,1-4H3. The minimum Gasteiger partial charge on any atom is -0.496 e. The van der Waals surface area contributed by atoms with E-state index in [4.69, 9.17) is 16.3 Å². The Hall–Kier alpha value is -1.47. The van der Waals surface area contributed by atoms with Gasteiger partial charge in [0.2, 0.25) is 0 Å².